The average Bonchev–Trinajstić information content (AvgIpc) is 3.08. The van der Waals surface area contributed by atoms with Crippen LogP contribution in [0.4, 0.5) is 4.39 Å². The van der Waals surface area contributed by atoms with E-state index < -0.39 is 0 Å². The van der Waals surface area contributed by atoms with Gasteiger partial charge in [0.2, 0.25) is 0 Å². The number of rotatable bonds is 8. The molecule has 4 nitrogen and oxygen atoms in total. The van der Waals surface area contributed by atoms with Gasteiger partial charge < -0.3 is 15.4 Å². The van der Waals surface area contributed by atoms with E-state index in [0.29, 0.717) is 6.10 Å². The van der Waals surface area contributed by atoms with Crippen LogP contribution in [0.15, 0.2) is 34.2 Å². The maximum atomic E-state index is 12.8. The fourth-order valence-electron chi connectivity index (χ4n) is 2.44. The van der Waals surface area contributed by atoms with Gasteiger partial charge in [0.1, 0.15) is 5.82 Å². The molecule has 1 aromatic rings. The Balaban J connectivity index is 1.52. The third-order valence-electron chi connectivity index (χ3n) is 3.70. The van der Waals surface area contributed by atoms with Crippen molar-refractivity contribution < 1.29 is 9.13 Å². The minimum atomic E-state index is -0.186. The first-order chi connectivity index (χ1) is 11.3. The molecule has 128 valence electrons. The summed E-state index contributed by atoms with van der Waals surface area (Å²) in [6.45, 7) is 2.66. The molecule has 0 bridgehead atoms. The molecule has 0 radical (unpaired) electrons. The van der Waals surface area contributed by atoms with Crippen molar-refractivity contribution in [2.75, 3.05) is 32.5 Å². The summed E-state index contributed by atoms with van der Waals surface area (Å²) in [5, 5.41) is 6.64. The van der Waals surface area contributed by atoms with Gasteiger partial charge in [-0.3, -0.25) is 4.99 Å². The minimum absolute atomic E-state index is 0.186. The average molecular weight is 339 g/mol. The Morgan fingerprint density at radius 3 is 2.78 bits per heavy atom. The Kier molecular flexibility index (Phi) is 8.25. The van der Waals surface area contributed by atoms with Gasteiger partial charge in [-0.15, -0.1) is 11.8 Å². The van der Waals surface area contributed by atoms with Crippen molar-refractivity contribution in [1.82, 2.24) is 10.6 Å². The molecule has 1 fully saturated rings. The van der Waals surface area contributed by atoms with E-state index >= 15 is 0 Å². The molecule has 1 heterocycles. The summed E-state index contributed by atoms with van der Waals surface area (Å²) < 4.78 is 18.4. The van der Waals surface area contributed by atoms with Gasteiger partial charge in [-0.25, -0.2) is 4.39 Å². The van der Waals surface area contributed by atoms with Crippen molar-refractivity contribution in [2.45, 2.75) is 36.7 Å². The van der Waals surface area contributed by atoms with Crippen LogP contribution in [0.3, 0.4) is 0 Å². The fraction of sp³-hybridized carbons (Fsp3) is 0.588. The van der Waals surface area contributed by atoms with Gasteiger partial charge in [-0.2, -0.15) is 0 Å². The van der Waals surface area contributed by atoms with Crippen LogP contribution in [0, 0.1) is 5.82 Å². The highest BCUT2D eigenvalue weighted by Crippen LogP contribution is 2.18. The van der Waals surface area contributed by atoms with Crippen LogP contribution in [0.25, 0.3) is 0 Å². The summed E-state index contributed by atoms with van der Waals surface area (Å²) >= 11 is 1.74. The van der Waals surface area contributed by atoms with Gasteiger partial charge in [-0.05, 0) is 55.7 Å². The lowest BCUT2D eigenvalue weighted by molar-refractivity contribution is 0.105. The predicted molar refractivity (Wildman–Crippen MR) is 94.7 cm³/mol. The van der Waals surface area contributed by atoms with E-state index in [2.05, 4.69) is 15.6 Å². The topological polar surface area (TPSA) is 45.7 Å². The zero-order chi connectivity index (χ0) is 16.3. The summed E-state index contributed by atoms with van der Waals surface area (Å²) in [6, 6.07) is 6.64. The largest absolute Gasteiger partial charge is 0.378 e. The SMILES string of the molecule is CN=C(NCCCSc1ccc(F)cc1)NCCC1CCCO1. The summed E-state index contributed by atoms with van der Waals surface area (Å²) in [5.41, 5.74) is 0. The van der Waals surface area contributed by atoms with Crippen molar-refractivity contribution in [3.05, 3.63) is 30.1 Å². The van der Waals surface area contributed by atoms with Gasteiger partial charge >= 0.3 is 0 Å². The Morgan fingerprint density at radius 1 is 1.30 bits per heavy atom. The number of nitrogens with zero attached hydrogens (tertiary/aromatic N) is 1. The molecular weight excluding hydrogens is 313 g/mol. The molecule has 2 rings (SSSR count). The lowest BCUT2D eigenvalue weighted by Gasteiger charge is -2.14. The van der Waals surface area contributed by atoms with E-state index in [1.807, 2.05) is 12.1 Å². The van der Waals surface area contributed by atoms with Crippen molar-refractivity contribution in [1.29, 1.82) is 0 Å². The number of hydrogen-bond donors (Lipinski definition) is 2. The summed E-state index contributed by atoms with van der Waals surface area (Å²) in [4.78, 5) is 5.33. The highest BCUT2D eigenvalue weighted by Gasteiger charge is 2.14. The number of halogens is 1. The predicted octanol–water partition coefficient (Wildman–Crippen LogP) is 3.04. The number of nitrogens with one attached hydrogen (secondary N) is 2. The molecule has 1 aromatic carbocycles. The van der Waals surface area contributed by atoms with Gasteiger partial charge in [0.25, 0.3) is 0 Å². The van der Waals surface area contributed by atoms with Crippen molar-refractivity contribution in [3.63, 3.8) is 0 Å². The lowest BCUT2D eigenvalue weighted by Crippen LogP contribution is -2.39. The van der Waals surface area contributed by atoms with Gasteiger partial charge in [0.15, 0.2) is 5.96 Å². The summed E-state index contributed by atoms with van der Waals surface area (Å²) in [5.74, 6) is 1.65. The second-order valence-corrected chi connectivity index (χ2v) is 6.67. The van der Waals surface area contributed by atoms with Crippen molar-refractivity contribution >= 4 is 17.7 Å². The Hall–Kier alpha value is -1.27. The molecule has 0 amide bonds. The van der Waals surface area contributed by atoms with Crippen LogP contribution in [-0.2, 0) is 4.74 Å². The van der Waals surface area contributed by atoms with Crippen LogP contribution in [-0.4, -0.2) is 44.6 Å². The Labute approximate surface area is 142 Å². The molecule has 1 saturated heterocycles. The quantitative estimate of drug-likeness (QED) is 0.331. The normalized spacial score (nSPS) is 18.2. The zero-order valence-electron chi connectivity index (χ0n) is 13.7. The van der Waals surface area contributed by atoms with Crippen LogP contribution < -0.4 is 10.6 Å². The zero-order valence-corrected chi connectivity index (χ0v) is 14.5. The maximum absolute atomic E-state index is 12.8. The van der Waals surface area contributed by atoms with Gasteiger partial charge in [-0.1, -0.05) is 0 Å². The highest BCUT2D eigenvalue weighted by molar-refractivity contribution is 7.99. The van der Waals surface area contributed by atoms with Crippen LogP contribution >= 0.6 is 11.8 Å². The molecule has 6 heteroatoms. The number of guanidine groups is 1. The second-order valence-electron chi connectivity index (χ2n) is 5.51. The number of benzene rings is 1. The van der Waals surface area contributed by atoms with Crippen molar-refractivity contribution in [3.8, 4) is 0 Å². The first-order valence-electron chi connectivity index (χ1n) is 8.22. The van der Waals surface area contributed by atoms with Crippen molar-refractivity contribution in [2.24, 2.45) is 4.99 Å². The number of aliphatic imine (C=N–C) groups is 1. The molecule has 23 heavy (non-hydrogen) atoms. The van der Waals surface area contributed by atoms with Gasteiger partial charge in [0, 0.05) is 31.6 Å². The van der Waals surface area contributed by atoms with E-state index in [4.69, 9.17) is 4.74 Å². The number of ether oxygens (including phenoxy) is 1. The summed E-state index contributed by atoms with van der Waals surface area (Å²) in [7, 11) is 1.79. The molecule has 0 spiro atoms. The van der Waals surface area contributed by atoms with E-state index in [0.717, 1.165) is 49.1 Å². The van der Waals surface area contributed by atoms with E-state index in [-0.39, 0.29) is 5.82 Å². The van der Waals surface area contributed by atoms with Crippen LogP contribution in [0.2, 0.25) is 0 Å². The number of thioether (sulfide) groups is 1. The van der Waals surface area contributed by atoms with Crippen LogP contribution in [0.1, 0.15) is 25.7 Å². The number of hydrogen-bond acceptors (Lipinski definition) is 3. The second kappa shape index (κ2) is 10.5. The fourth-order valence-corrected chi connectivity index (χ4v) is 3.30. The van der Waals surface area contributed by atoms with E-state index in [1.54, 1.807) is 18.8 Å². The molecule has 0 aliphatic carbocycles. The smallest absolute Gasteiger partial charge is 0.190 e. The molecule has 1 atom stereocenters. The van der Waals surface area contributed by atoms with E-state index in [9.17, 15) is 4.39 Å². The third kappa shape index (κ3) is 7.22. The lowest BCUT2D eigenvalue weighted by atomic mass is 10.2. The standard InChI is InChI=1S/C17H26FN3OS/c1-19-17(21-11-9-15-4-2-12-22-15)20-10-3-13-23-16-7-5-14(18)6-8-16/h5-8,15H,2-4,9-13H2,1H3,(H2,19,20,21). The third-order valence-corrected chi connectivity index (χ3v) is 4.80. The molecule has 2 N–H and O–H groups in total. The molecule has 1 unspecified atom stereocenters. The summed E-state index contributed by atoms with van der Waals surface area (Å²) in [6.07, 6.45) is 4.82. The molecule has 1 aliphatic heterocycles. The van der Waals surface area contributed by atoms with E-state index in [1.165, 1.54) is 25.0 Å². The molecule has 0 aromatic heterocycles. The van der Waals surface area contributed by atoms with Crippen LogP contribution in [0.5, 0.6) is 0 Å². The molecular formula is C17H26FN3OS. The Bertz CT molecular complexity index is 475. The monoisotopic (exact) mass is 339 g/mol. The highest BCUT2D eigenvalue weighted by atomic mass is 32.2. The molecule has 0 saturated carbocycles. The first-order valence-corrected chi connectivity index (χ1v) is 9.21. The molecule has 1 aliphatic rings. The first kappa shape index (κ1) is 18.1. The maximum Gasteiger partial charge on any atom is 0.190 e. The Morgan fingerprint density at radius 2 is 2.09 bits per heavy atom. The minimum Gasteiger partial charge on any atom is -0.378 e. The van der Waals surface area contributed by atoms with Gasteiger partial charge in [0.05, 0.1) is 6.10 Å².